The van der Waals surface area contributed by atoms with E-state index in [1.165, 1.54) is 38.4 Å². The van der Waals surface area contributed by atoms with Crippen molar-refractivity contribution in [2.75, 3.05) is 0 Å². The van der Waals surface area contributed by atoms with Gasteiger partial charge in [0.1, 0.15) is 11.2 Å². The fourth-order valence-corrected chi connectivity index (χ4v) is 5.97. The molecule has 0 aliphatic heterocycles. The summed E-state index contributed by atoms with van der Waals surface area (Å²) in [5.74, 6) is 0. The van der Waals surface area contributed by atoms with E-state index >= 15 is 0 Å². The number of fused-ring (bicyclic) bond motifs is 4. The van der Waals surface area contributed by atoms with Crippen molar-refractivity contribution in [2.24, 2.45) is 0 Å². The summed E-state index contributed by atoms with van der Waals surface area (Å²) in [7, 11) is 0. The van der Waals surface area contributed by atoms with Crippen LogP contribution in [0, 0.1) is 0 Å². The maximum absolute atomic E-state index is 6.87. The van der Waals surface area contributed by atoms with Crippen LogP contribution in [0.2, 0.25) is 5.02 Å². The van der Waals surface area contributed by atoms with Crippen molar-refractivity contribution in [2.45, 2.75) is 0 Å². The van der Waals surface area contributed by atoms with Gasteiger partial charge in [-0.15, -0.1) is 0 Å². The molecular formula is C32H17ClO. The van der Waals surface area contributed by atoms with Crippen LogP contribution in [0.25, 0.3) is 76.9 Å². The first-order chi connectivity index (χ1) is 16.8. The summed E-state index contributed by atoms with van der Waals surface area (Å²) in [5.41, 5.74) is 8.89. The van der Waals surface area contributed by atoms with E-state index in [2.05, 4.69) is 91.0 Å². The first-order valence-electron chi connectivity index (χ1n) is 11.5. The lowest BCUT2D eigenvalue weighted by atomic mass is 9.90. The van der Waals surface area contributed by atoms with Crippen LogP contribution in [0.3, 0.4) is 0 Å². The van der Waals surface area contributed by atoms with E-state index in [0.29, 0.717) is 0 Å². The Bertz CT molecular complexity index is 1960. The van der Waals surface area contributed by atoms with Crippen LogP contribution in [-0.2, 0) is 0 Å². The molecule has 0 atom stereocenters. The normalized spacial score (nSPS) is 12.3. The van der Waals surface area contributed by atoms with E-state index in [1.54, 1.807) is 0 Å². The summed E-state index contributed by atoms with van der Waals surface area (Å²) in [4.78, 5) is 0. The number of hydrogen-bond donors (Lipinski definition) is 0. The molecule has 2 heteroatoms. The quantitative estimate of drug-likeness (QED) is 0.241. The Morgan fingerprint density at radius 3 is 1.97 bits per heavy atom. The Kier molecular flexibility index (Phi) is 3.51. The summed E-state index contributed by atoms with van der Waals surface area (Å²) < 4.78 is 6.62. The number of hydrogen-bond acceptors (Lipinski definition) is 1. The van der Waals surface area contributed by atoms with Gasteiger partial charge in [-0.1, -0.05) is 84.4 Å². The molecule has 1 aliphatic carbocycles. The van der Waals surface area contributed by atoms with Crippen LogP contribution in [0.4, 0.5) is 0 Å². The lowest BCUT2D eigenvalue weighted by molar-refractivity contribution is 0.670. The number of rotatable bonds is 1. The number of benzene rings is 6. The monoisotopic (exact) mass is 452 g/mol. The molecule has 0 saturated heterocycles. The maximum Gasteiger partial charge on any atom is 0.143 e. The average molecular weight is 453 g/mol. The van der Waals surface area contributed by atoms with Gasteiger partial charge in [-0.05, 0) is 68.9 Å². The molecule has 0 unspecified atom stereocenters. The van der Waals surface area contributed by atoms with E-state index < -0.39 is 0 Å². The fraction of sp³-hybridized carbons (Fsp3) is 0. The minimum Gasteiger partial charge on any atom is -0.455 e. The zero-order valence-corrected chi connectivity index (χ0v) is 18.9. The van der Waals surface area contributed by atoms with Crippen LogP contribution >= 0.6 is 11.6 Å². The highest BCUT2D eigenvalue weighted by atomic mass is 35.5. The van der Waals surface area contributed by atoms with E-state index in [4.69, 9.17) is 16.0 Å². The Morgan fingerprint density at radius 2 is 1.21 bits per heavy atom. The molecule has 1 aliphatic rings. The maximum atomic E-state index is 6.87. The summed E-state index contributed by atoms with van der Waals surface area (Å²) >= 11 is 6.87. The van der Waals surface area contributed by atoms with Crippen molar-refractivity contribution < 1.29 is 4.42 Å². The van der Waals surface area contributed by atoms with Gasteiger partial charge in [0, 0.05) is 32.1 Å². The minimum atomic E-state index is 0.758. The van der Waals surface area contributed by atoms with Crippen LogP contribution < -0.4 is 0 Å². The van der Waals surface area contributed by atoms with Gasteiger partial charge in [-0.2, -0.15) is 0 Å². The topological polar surface area (TPSA) is 13.1 Å². The zero-order valence-electron chi connectivity index (χ0n) is 18.1. The van der Waals surface area contributed by atoms with Crippen molar-refractivity contribution in [3.8, 4) is 33.4 Å². The van der Waals surface area contributed by atoms with Crippen molar-refractivity contribution in [3.05, 3.63) is 108 Å². The van der Waals surface area contributed by atoms with E-state index in [1.807, 2.05) is 12.1 Å². The van der Waals surface area contributed by atoms with Crippen molar-refractivity contribution in [1.29, 1.82) is 0 Å². The van der Waals surface area contributed by atoms with Gasteiger partial charge < -0.3 is 4.42 Å². The number of furan rings is 1. The molecule has 0 saturated carbocycles. The molecule has 1 heterocycles. The summed E-state index contributed by atoms with van der Waals surface area (Å²) in [6.07, 6.45) is 0. The van der Waals surface area contributed by atoms with Gasteiger partial charge >= 0.3 is 0 Å². The highest BCUT2D eigenvalue weighted by molar-refractivity contribution is 6.40. The van der Waals surface area contributed by atoms with Gasteiger partial charge in [-0.3, -0.25) is 0 Å². The lowest BCUT2D eigenvalue weighted by Crippen LogP contribution is -1.88. The molecule has 34 heavy (non-hydrogen) atoms. The molecule has 0 amide bonds. The Morgan fingerprint density at radius 1 is 0.500 bits per heavy atom. The van der Waals surface area contributed by atoms with Crippen LogP contribution in [0.15, 0.2) is 108 Å². The zero-order chi connectivity index (χ0) is 22.4. The van der Waals surface area contributed by atoms with E-state index in [-0.39, 0.29) is 0 Å². The molecule has 1 nitrogen and oxygen atoms in total. The lowest BCUT2D eigenvalue weighted by Gasteiger charge is -2.14. The highest BCUT2D eigenvalue weighted by Crippen LogP contribution is 2.52. The standard InChI is InChI=1S/C32H17ClO/c33-27-14-13-22-25-16-20-10-5-4-9-19(20)15-24(25)21-11-6-12-28-30(21)31-29(22)26(27)17-23(32(31)34-28)18-7-2-1-3-8-18/h1-17H. The minimum absolute atomic E-state index is 0.758. The molecule has 8 rings (SSSR count). The fourth-order valence-electron chi connectivity index (χ4n) is 5.76. The summed E-state index contributed by atoms with van der Waals surface area (Å²) in [6, 6.07) is 36.5. The molecule has 0 bridgehead atoms. The molecule has 1 aromatic heterocycles. The predicted molar refractivity (Wildman–Crippen MR) is 144 cm³/mol. The molecule has 0 N–H and O–H groups in total. The second-order valence-electron chi connectivity index (χ2n) is 9.04. The predicted octanol–water partition coefficient (Wildman–Crippen LogP) is 9.86. The van der Waals surface area contributed by atoms with Gasteiger partial charge in [0.25, 0.3) is 0 Å². The second kappa shape index (κ2) is 6.50. The molecule has 7 aromatic rings. The average Bonchev–Trinajstić information content (AvgIpc) is 3.23. The third-order valence-corrected chi connectivity index (χ3v) is 7.57. The Labute approximate surface area is 200 Å². The molecule has 158 valence electrons. The van der Waals surface area contributed by atoms with Crippen molar-refractivity contribution in [3.63, 3.8) is 0 Å². The summed E-state index contributed by atoms with van der Waals surface area (Å²) in [6.45, 7) is 0. The largest absolute Gasteiger partial charge is 0.455 e. The second-order valence-corrected chi connectivity index (χ2v) is 9.44. The Balaban J connectivity index is 1.68. The van der Waals surface area contributed by atoms with Crippen molar-refractivity contribution >= 4 is 55.1 Å². The third kappa shape index (κ3) is 2.30. The van der Waals surface area contributed by atoms with Crippen LogP contribution in [0.1, 0.15) is 0 Å². The third-order valence-electron chi connectivity index (χ3n) is 7.24. The van der Waals surface area contributed by atoms with Gasteiger partial charge in [-0.25, -0.2) is 0 Å². The molecule has 0 spiro atoms. The Hall–Kier alpha value is -4.07. The summed E-state index contributed by atoms with van der Waals surface area (Å²) in [5, 5.41) is 7.77. The van der Waals surface area contributed by atoms with Crippen LogP contribution in [0.5, 0.6) is 0 Å². The highest BCUT2D eigenvalue weighted by Gasteiger charge is 2.26. The SMILES string of the molecule is Clc1ccc2c3c1cc(-c1ccccc1)c1oc4cccc(c4c13)-c1cc3ccccc3cc1-2. The van der Waals surface area contributed by atoms with E-state index in [0.717, 1.165) is 43.5 Å². The van der Waals surface area contributed by atoms with Gasteiger partial charge in [0.15, 0.2) is 0 Å². The molecule has 0 radical (unpaired) electrons. The van der Waals surface area contributed by atoms with E-state index in [9.17, 15) is 0 Å². The molecule has 6 aromatic carbocycles. The smallest absolute Gasteiger partial charge is 0.143 e. The van der Waals surface area contributed by atoms with Gasteiger partial charge in [0.05, 0.1) is 0 Å². The first-order valence-corrected chi connectivity index (χ1v) is 11.8. The molecular weight excluding hydrogens is 436 g/mol. The van der Waals surface area contributed by atoms with Crippen molar-refractivity contribution in [1.82, 2.24) is 0 Å². The van der Waals surface area contributed by atoms with Crippen LogP contribution in [-0.4, -0.2) is 0 Å². The molecule has 0 fully saturated rings. The number of halogens is 1. The first kappa shape index (κ1) is 18.4. The van der Waals surface area contributed by atoms with Gasteiger partial charge in [0.2, 0.25) is 0 Å².